The van der Waals surface area contributed by atoms with Crippen molar-refractivity contribution in [3.63, 3.8) is 0 Å². The molecule has 4 nitrogen and oxygen atoms in total. The van der Waals surface area contributed by atoms with Gasteiger partial charge in [-0.15, -0.1) is 0 Å². The summed E-state index contributed by atoms with van der Waals surface area (Å²) >= 11 is 5.80. The minimum Gasteiger partial charge on any atom is -0.454 e. The number of ether oxygens (including phenoxy) is 1. The number of nitrogens with zero attached hydrogens (tertiary/aromatic N) is 2. The zero-order valence-electron chi connectivity index (χ0n) is 9.99. The van der Waals surface area contributed by atoms with Gasteiger partial charge in [-0.2, -0.15) is 5.10 Å². The molecule has 0 amide bonds. The summed E-state index contributed by atoms with van der Waals surface area (Å²) in [4.78, 5) is 3.90. The number of hydrogen-bond acceptors (Lipinski definition) is 3. The van der Waals surface area contributed by atoms with E-state index in [1.165, 1.54) is 0 Å². The molecular weight excluding hydrogens is 238 g/mol. The molecule has 0 atom stereocenters. The number of halogens is 1. The Morgan fingerprint density at radius 1 is 1.35 bits per heavy atom. The third-order valence-electron chi connectivity index (χ3n) is 2.24. The predicted molar refractivity (Wildman–Crippen MR) is 66.6 cm³/mol. The van der Waals surface area contributed by atoms with Crippen molar-refractivity contribution >= 4 is 11.6 Å². The van der Waals surface area contributed by atoms with Crippen molar-refractivity contribution < 1.29 is 4.74 Å². The van der Waals surface area contributed by atoms with E-state index in [9.17, 15) is 0 Å². The number of hydrogen-bond donors (Lipinski definition) is 1. The molecule has 0 unspecified atom stereocenters. The minimum atomic E-state index is -0.0772. The highest BCUT2D eigenvalue weighted by Crippen LogP contribution is 2.32. The van der Waals surface area contributed by atoms with Crippen LogP contribution in [0.4, 0.5) is 0 Å². The Bertz CT molecular complexity index is 516. The lowest BCUT2D eigenvalue weighted by Gasteiger charge is -2.17. The Morgan fingerprint density at radius 3 is 2.76 bits per heavy atom. The van der Waals surface area contributed by atoms with Crippen LogP contribution in [0.1, 0.15) is 26.5 Å². The lowest BCUT2D eigenvalue weighted by Crippen LogP contribution is -2.12. The van der Waals surface area contributed by atoms with Crippen LogP contribution in [0.3, 0.4) is 0 Å². The number of aromatic nitrogens is 3. The topological polar surface area (TPSA) is 50.8 Å². The van der Waals surface area contributed by atoms with Gasteiger partial charge in [0, 0.05) is 17.7 Å². The highest BCUT2D eigenvalue weighted by Gasteiger charge is 2.22. The van der Waals surface area contributed by atoms with E-state index in [1.54, 1.807) is 24.5 Å². The van der Waals surface area contributed by atoms with Gasteiger partial charge in [0.2, 0.25) is 0 Å². The molecule has 17 heavy (non-hydrogen) atoms. The van der Waals surface area contributed by atoms with E-state index in [-0.39, 0.29) is 5.41 Å². The van der Waals surface area contributed by atoms with Gasteiger partial charge >= 0.3 is 0 Å². The van der Waals surface area contributed by atoms with Crippen LogP contribution >= 0.6 is 11.6 Å². The zero-order chi connectivity index (χ0) is 12.5. The zero-order valence-corrected chi connectivity index (χ0v) is 10.7. The molecular formula is C12H14ClN3O. The first kappa shape index (κ1) is 11.9. The molecule has 2 rings (SSSR count). The average molecular weight is 252 g/mol. The molecule has 2 aromatic rings. The van der Waals surface area contributed by atoms with E-state index in [2.05, 4.69) is 36.0 Å². The molecule has 0 fully saturated rings. The van der Waals surface area contributed by atoms with Crippen LogP contribution in [0.2, 0.25) is 5.15 Å². The average Bonchev–Trinajstić information content (AvgIpc) is 2.65. The highest BCUT2D eigenvalue weighted by molar-refractivity contribution is 6.29. The van der Waals surface area contributed by atoms with Gasteiger partial charge in [-0.05, 0) is 6.07 Å². The van der Waals surface area contributed by atoms with E-state index in [0.717, 1.165) is 5.69 Å². The lowest BCUT2D eigenvalue weighted by molar-refractivity contribution is 0.452. The SMILES string of the molecule is CC(C)(C)c1n[nH]cc1Oc1ccnc(Cl)c1. The highest BCUT2D eigenvalue weighted by atomic mass is 35.5. The summed E-state index contributed by atoms with van der Waals surface area (Å²) in [6.45, 7) is 6.24. The maximum atomic E-state index is 5.80. The summed E-state index contributed by atoms with van der Waals surface area (Å²) in [5.74, 6) is 1.36. The fourth-order valence-corrected chi connectivity index (χ4v) is 1.63. The van der Waals surface area contributed by atoms with Gasteiger partial charge in [-0.3, -0.25) is 5.10 Å². The molecule has 0 saturated carbocycles. The molecule has 0 bridgehead atoms. The molecule has 0 radical (unpaired) electrons. The summed E-state index contributed by atoms with van der Waals surface area (Å²) in [6.07, 6.45) is 3.34. The standard InChI is InChI=1S/C12H14ClN3O/c1-12(2,3)11-9(7-15-16-11)17-8-4-5-14-10(13)6-8/h4-7H,1-3H3,(H,15,16). The van der Waals surface area contributed by atoms with E-state index < -0.39 is 0 Å². The molecule has 5 heteroatoms. The Morgan fingerprint density at radius 2 is 2.12 bits per heavy atom. The Balaban J connectivity index is 2.28. The summed E-state index contributed by atoms with van der Waals surface area (Å²) in [5.41, 5.74) is 0.803. The van der Waals surface area contributed by atoms with Crippen molar-refractivity contribution in [2.75, 3.05) is 0 Å². The van der Waals surface area contributed by atoms with E-state index in [0.29, 0.717) is 16.7 Å². The van der Waals surface area contributed by atoms with Crippen LogP contribution in [-0.4, -0.2) is 15.2 Å². The van der Waals surface area contributed by atoms with Crippen molar-refractivity contribution in [3.8, 4) is 11.5 Å². The molecule has 2 aromatic heterocycles. The molecule has 0 aliphatic heterocycles. The number of rotatable bonds is 2. The predicted octanol–water partition coefficient (Wildman–Crippen LogP) is 3.55. The van der Waals surface area contributed by atoms with Crippen molar-refractivity contribution in [1.29, 1.82) is 0 Å². The minimum absolute atomic E-state index is 0.0772. The second-order valence-electron chi connectivity index (χ2n) is 4.76. The summed E-state index contributed by atoms with van der Waals surface area (Å²) in [6, 6.07) is 3.42. The molecule has 0 aliphatic rings. The van der Waals surface area contributed by atoms with Crippen LogP contribution in [0, 0.1) is 0 Å². The third kappa shape index (κ3) is 2.77. The van der Waals surface area contributed by atoms with Crippen LogP contribution in [0.25, 0.3) is 0 Å². The van der Waals surface area contributed by atoms with E-state index >= 15 is 0 Å². The monoisotopic (exact) mass is 251 g/mol. The maximum Gasteiger partial charge on any atom is 0.168 e. The van der Waals surface area contributed by atoms with Crippen molar-refractivity contribution in [2.24, 2.45) is 0 Å². The van der Waals surface area contributed by atoms with Crippen LogP contribution < -0.4 is 4.74 Å². The number of aromatic amines is 1. The normalized spacial score (nSPS) is 11.5. The van der Waals surface area contributed by atoms with Gasteiger partial charge in [0.1, 0.15) is 16.6 Å². The summed E-state index contributed by atoms with van der Waals surface area (Å²) < 4.78 is 5.74. The second kappa shape index (κ2) is 4.37. The molecule has 1 N–H and O–H groups in total. The molecule has 0 aromatic carbocycles. The first-order valence-corrected chi connectivity index (χ1v) is 5.68. The van der Waals surface area contributed by atoms with Crippen molar-refractivity contribution in [3.05, 3.63) is 35.4 Å². The second-order valence-corrected chi connectivity index (χ2v) is 5.15. The summed E-state index contributed by atoms with van der Waals surface area (Å²) in [5, 5.41) is 7.43. The Hall–Kier alpha value is -1.55. The Labute approximate surface area is 105 Å². The summed E-state index contributed by atoms with van der Waals surface area (Å²) in [7, 11) is 0. The number of pyridine rings is 1. The van der Waals surface area contributed by atoms with Crippen LogP contribution in [-0.2, 0) is 5.41 Å². The molecule has 90 valence electrons. The maximum absolute atomic E-state index is 5.80. The van der Waals surface area contributed by atoms with Crippen molar-refractivity contribution in [1.82, 2.24) is 15.2 Å². The van der Waals surface area contributed by atoms with E-state index in [4.69, 9.17) is 16.3 Å². The molecule has 2 heterocycles. The van der Waals surface area contributed by atoms with Gasteiger partial charge in [0.05, 0.1) is 6.20 Å². The van der Waals surface area contributed by atoms with Gasteiger partial charge in [0.15, 0.2) is 5.75 Å². The van der Waals surface area contributed by atoms with Crippen molar-refractivity contribution in [2.45, 2.75) is 26.2 Å². The largest absolute Gasteiger partial charge is 0.454 e. The molecule has 0 saturated heterocycles. The quantitative estimate of drug-likeness (QED) is 0.831. The first-order chi connectivity index (χ1) is 7.97. The number of H-pyrrole nitrogens is 1. The third-order valence-corrected chi connectivity index (χ3v) is 2.45. The number of nitrogens with one attached hydrogen (secondary N) is 1. The first-order valence-electron chi connectivity index (χ1n) is 5.30. The van der Waals surface area contributed by atoms with Gasteiger partial charge < -0.3 is 4.74 Å². The van der Waals surface area contributed by atoms with Crippen LogP contribution in [0.5, 0.6) is 11.5 Å². The van der Waals surface area contributed by atoms with Crippen LogP contribution in [0.15, 0.2) is 24.5 Å². The van der Waals surface area contributed by atoms with E-state index in [1.807, 2.05) is 0 Å². The van der Waals surface area contributed by atoms with Gasteiger partial charge in [-0.1, -0.05) is 32.4 Å². The Kier molecular flexibility index (Phi) is 3.07. The molecule has 0 aliphatic carbocycles. The smallest absolute Gasteiger partial charge is 0.168 e. The molecule has 0 spiro atoms. The van der Waals surface area contributed by atoms with Gasteiger partial charge in [0.25, 0.3) is 0 Å². The van der Waals surface area contributed by atoms with Gasteiger partial charge in [-0.25, -0.2) is 4.98 Å². The fourth-order valence-electron chi connectivity index (χ4n) is 1.47. The lowest BCUT2D eigenvalue weighted by atomic mass is 9.92. The fraction of sp³-hybridized carbons (Fsp3) is 0.333.